The third-order valence-corrected chi connectivity index (χ3v) is 0. The van der Waals surface area contributed by atoms with Crippen LogP contribution >= 0.6 is 37.2 Å². The molecule has 0 saturated carbocycles. The fourth-order valence-corrected chi connectivity index (χ4v) is 0. The Morgan fingerprint density at radius 3 is 1.17 bits per heavy atom. The summed E-state index contributed by atoms with van der Waals surface area (Å²) >= 11 is 0. The normalized spacial score (nSPS) is 3.50. The summed E-state index contributed by atoms with van der Waals surface area (Å²) in [4.78, 5) is 0. The van der Waals surface area contributed by atoms with Crippen LogP contribution in [0.25, 0.3) is 0 Å². The van der Waals surface area contributed by atoms with Gasteiger partial charge >= 0.3 is 0 Å². The Bertz CT molecular complexity index is 10.8. The van der Waals surface area contributed by atoms with Gasteiger partial charge in [-0.05, 0) is 0 Å². The smallest absolute Gasteiger partial charge is 0.145 e. The van der Waals surface area contributed by atoms with E-state index in [1.165, 1.54) is 0 Å². The van der Waals surface area contributed by atoms with Crippen molar-refractivity contribution in [2.45, 2.75) is 0 Å². The molecule has 0 aliphatic heterocycles. The van der Waals surface area contributed by atoms with E-state index >= 15 is 0 Å². The Morgan fingerprint density at radius 2 is 1.17 bits per heavy atom. The minimum atomic E-state index is 0. The second kappa shape index (κ2) is 36.8. The summed E-state index contributed by atoms with van der Waals surface area (Å²) in [6.45, 7) is 0. The topological polar surface area (TPSA) is 9.23 Å². The van der Waals surface area contributed by atoms with Crippen LogP contribution in [-0.2, 0) is 4.43 Å². The first-order chi connectivity index (χ1) is 1.41. The molecular weight excluding hydrogens is 162 g/mol. The molecule has 0 radical (unpaired) electrons. The summed E-state index contributed by atoms with van der Waals surface area (Å²) in [5.74, 6) is 0. The van der Waals surface area contributed by atoms with E-state index in [2.05, 4.69) is 4.43 Å². The van der Waals surface area contributed by atoms with Gasteiger partial charge in [-0.15, -0.1) is 37.2 Å². The van der Waals surface area contributed by atoms with Gasteiger partial charge in [0.15, 0.2) is 0 Å². The van der Waals surface area contributed by atoms with E-state index < -0.39 is 0 Å². The summed E-state index contributed by atoms with van der Waals surface area (Å²) in [5.41, 5.74) is 0. The second-order valence-corrected chi connectivity index (χ2v) is 1.22. The maximum Gasteiger partial charge on any atom is 0.145 e. The van der Waals surface area contributed by atoms with Crippen molar-refractivity contribution < 1.29 is 4.43 Å². The van der Waals surface area contributed by atoms with Crippen molar-refractivity contribution in [3.05, 3.63) is 0 Å². The van der Waals surface area contributed by atoms with Crippen LogP contribution in [0.1, 0.15) is 0 Å². The summed E-state index contributed by atoms with van der Waals surface area (Å²) in [7, 11) is 2.56. The Hall–Kier alpha value is 1.05. The molecule has 0 saturated heterocycles. The molecule has 0 spiro atoms. The lowest BCUT2D eigenvalue weighted by molar-refractivity contribution is 0.460. The average molecular weight is 172 g/mol. The van der Waals surface area contributed by atoms with Gasteiger partial charge in [0, 0.05) is 7.11 Å². The minimum Gasteiger partial charge on any atom is -0.431 e. The quantitative estimate of drug-likeness (QED) is 0.473. The van der Waals surface area contributed by atoms with Crippen LogP contribution in [0.15, 0.2) is 0 Å². The molecule has 0 aromatic heterocycles. The SMILES string of the molecule is CO[SiH3].Cl.Cl.Cl. The molecule has 0 heterocycles. The van der Waals surface area contributed by atoms with Gasteiger partial charge in [0.05, 0.1) is 0 Å². The molecule has 0 amide bonds. The number of rotatable bonds is 0. The molecule has 6 heavy (non-hydrogen) atoms. The fraction of sp³-hybridized carbons (Fsp3) is 1.00. The number of hydrogen-bond donors (Lipinski definition) is 0. The van der Waals surface area contributed by atoms with Crippen molar-refractivity contribution in [1.82, 2.24) is 0 Å². The van der Waals surface area contributed by atoms with E-state index in [9.17, 15) is 0 Å². The van der Waals surface area contributed by atoms with E-state index in [0.29, 0.717) is 0 Å². The van der Waals surface area contributed by atoms with Gasteiger partial charge in [-0.25, -0.2) is 0 Å². The van der Waals surface area contributed by atoms with E-state index in [1.807, 2.05) is 0 Å². The molecule has 0 aromatic rings. The maximum atomic E-state index is 4.39. The molecule has 0 aliphatic rings. The highest BCUT2D eigenvalue weighted by Gasteiger charge is 1.27. The van der Waals surface area contributed by atoms with Crippen LogP contribution in [0, 0.1) is 0 Å². The highest BCUT2D eigenvalue weighted by atomic mass is 35.5. The predicted octanol–water partition coefficient (Wildman–Crippen LogP) is 0.179. The summed E-state index contributed by atoms with van der Waals surface area (Å²) in [6, 6.07) is 0. The Balaban J connectivity index is -0.00000000667. The van der Waals surface area contributed by atoms with Gasteiger partial charge in [0.2, 0.25) is 0 Å². The molecule has 0 aromatic carbocycles. The monoisotopic (exact) mass is 170 g/mol. The lowest BCUT2D eigenvalue weighted by atomic mass is 11.8. The van der Waals surface area contributed by atoms with Gasteiger partial charge < -0.3 is 4.43 Å². The Labute approximate surface area is 59.6 Å². The third-order valence-electron chi connectivity index (χ3n) is 0. The molecule has 1 nitrogen and oxygen atoms in total. The zero-order valence-electron chi connectivity index (χ0n) is 3.63. The molecule has 0 bridgehead atoms. The Kier molecular flexibility index (Phi) is 170. The fourth-order valence-electron chi connectivity index (χ4n) is 0. The maximum absolute atomic E-state index is 4.39. The van der Waals surface area contributed by atoms with E-state index in [0.717, 1.165) is 10.5 Å². The van der Waals surface area contributed by atoms with E-state index in [-0.39, 0.29) is 37.2 Å². The van der Waals surface area contributed by atoms with Crippen LogP contribution in [0.4, 0.5) is 0 Å². The summed E-state index contributed by atoms with van der Waals surface area (Å²) in [6.07, 6.45) is 0. The van der Waals surface area contributed by atoms with Crippen molar-refractivity contribution >= 4 is 47.7 Å². The highest BCUT2D eigenvalue weighted by Crippen LogP contribution is 1.24. The molecule has 0 unspecified atom stereocenters. The van der Waals surface area contributed by atoms with E-state index in [4.69, 9.17) is 0 Å². The lowest BCUT2D eigenvalue weighted by Crippen LogP contribution is -1.60. The first kappa shape index (κ1) is 27.8. The van der Waals surface area contributed by atoms with E-state index in [1.54, 1.807) is 7.11 Å². The van der Waals surface area contributed by atoms with Crippen LogP contribution in [0.2, 0.25) is 0 Å². The first-order valence-electron chi connectivity index (χ1n) is 0.816. The van der Waals surface area contributed by atoms with Crippen molar-refractivity contribution in [2.75, 3.05) is 7.11 Å². The van der Waals surface area contributed by atoms with Crippen LogP contribution in [0.3, 0.4) is 0 Å². The van der Waals surface area contributed by atoms with Gasteiger partial charge in [-0.3, -0.25) is 0 Å². The zero-order valence-corrected chi connectivity index (χ0v) is 8.08. The van der Waals surface area contributed by atoms with Gasteiger partial charge in [-0.2, -0.15) is 0 Å². The van der Waals surface area contributed by atoms with Crippen molar-refractivity contribution in [3.8, 4) is 0 Å². The summed E-state index contributed by atoms with van der Waals surface area (Å²) in [5, 5.41) is 0. The predicted molar refractivity (Wildman–Crippen MR) is 38.7 cm³/mol. The van der Waals surface area contributed by atoms with Crippen molar-refractivity contribution in [1.29, 1.82) is 0 Å². The number of halogens is 3. The van der Waals surface area contributed by atoms with Crippen molar-refractivity contribution in [3.63, 3.8) is 0 Å². The molecule has 0 atom stereocenters. The molecule has 0 aliphatic carbocycles. The summed E-state index contributed by atoms with van der Waals surface area (Å²) < 4.78 is 4.39. The lowest BCUT2D eigenvalue weighted by Gasteiger charge is -1.61. The average Bonchev–Trinajstić information content (AvgIpc) is 0.918. The van der Waals surface area contributed by atoms with Crippen molar-refractivity contribution in [2.24, 2.45) is 0 Å². The molecule has 0 N–H and O–H groups in total. The van der Waals surface area contributed by atoms with Gasteiger partial charge in [-0.1, -0.05) is 0 Å². The minimum absolute atomic E-state index is 0. The first-order valence-corrected chi connectivity index (χ1v) is 1.63. The van der Waals surface area contributed by atoms with Crippen LogP contribution < -0.4 is 0 Å². The Morgan fingerprint density at radius 1 is 1.17 bits per heavy atom. The highest BCUT2D eigenvalue weighted by molar-refractivity contribution is 5.97. The zero-order chi connectivity index (χ0) is 2.71. The largest absolute Gasteiger partial charge is 0.431 e. The molecule has 0 fully saturated rings. The standard InChI is InChI=1S/CH6OSi.3ClH/c1-2-3;;;/h1,3H3;3*1H. The van der Waals surface area contributed by atoms with Crippen LogP contribution in [0.5, 0.6) is 0 Å². The molecule has 5 heteroatoms. The van der Waals surface area contributed by atoms with Gasteiger partial charge in [0.25, 0.3) is 0 Å². The third kappa shape index (κ3) is 75.4. The number of hydrogen-bond acceptors (Lipinski definition) is 1. The van der Waals surface area contributed by atoms with Gasteiger partial charge in [0.1, 0.15) is 10.5 Å². The van der Waals surface area contributed by atoms with Crippen LogP contribution in [-0.4, -0.2) is 17.6 Å². The molecular formula is CH9Cl3OSi. The molecule has 44 valence electrons. The second-order valence-electron chi connectivity index (χ2n) is 0.408. The molecule has 0 rings (SSSR count).